The summed E-state index contributed by atoms with van der Waals surface area (Å²) in [6.45, 7) is 2.09. The van der Waals surface area contributed by atoms with Gasteiger partial charge in [0.05, 0.1) is 29.9 Å². The SMILES string of the molecule is O=C(NC[C@@H]1CCCO1)[C@@H]1Cc2cc(C(F)(F)F)ccc2N2CCN(C(=O)c3ccco3)C[C@@H]12. The fourth-order valence-electron chi connectivity index (χ4n) is 5.19. The molecule has 4 heterocycles. The molecule has 2 saturated heterocycles. The lowest BCUT2D eigenvalue weighted by Gasteiger charge is -2.49. The maximum Gasteiger partial charge on any atom is 0.416 e. The van der Waals surface area contributed by atoms with E-state index < -0.39 is 17.7 Å². The van der Waals surface area contributed by atoms with Crippen LogP contribution in [-0.4, -0.2) is 61.6 Å². The molecule has 3 atom stereocenters. The van der Waals surface area contributed by atoms with Gasteiger partial charge in [0, 0.05) is 38.5 Å². The summed E-state index contributed by atoms with van der Waals surface area (Å²) >= 11 is 0. The first-order valence-corrected chi connectivity index (χ1v) is 11.5. The van der Waals surface area contributed by atoms with Crippen molar-refractivity contribution in [3.63, 3.8) is 0 Å². The summed E-state index contributed by atoms with van der Waals surface area (Å²) in [4.78, 5) is 29.8. The number of alkyl halides is 3. The van der Waals surface area contributed by atoms with Gasteiger partial charge in [0.1, 0.15) is 0 Å². The Morgan fingerprint density at radius 1 is 1.18 bits per heavy atom. The number of benzene rings is 1. The van der Waals surface area contributed by atoms with E-state index in [0.717, 1.165) is 25.0 Å². The Kier molecular flexibility index (Phi) is 6.01. The number of piperazine rings is 1. The predicted octanol–water partition coefficient (Wildman–Crippen LogP) is 3.10. The lowest BCUT2D eigenvalue weighted by Crippen LogP contribution is -2.62. The summed E-state index contributed by atoms with van der Waals surface area (Å²) < 4.78 is 50.9. The minimum absolute atomic E-state index is 0.0452. The van der Waals surface area contributed by atoms with Crippen LogP contribution in [0.3, 0.4) is 0 Å². The third-order valence-electron chi connectivity index (χ3n) is 6.92. The zero-order valence-corrected chi connectivity index (χ0v) is 18.5. The minimum atomic E-state index is -4.46. The van der Waals surface area contributed by atoms with Crippen molar-refractivity contribution in [1.29, 1.82) is 0 Å². The average Bonchev–Trinajstić information content (AvgIpc) is 3.55. The Labute approximate surface area is 194 Å². The van der Waals surface area contributed by atoms with Crippen molar-refractivity contribution in [2.24, 2.45) is 5.92 Å². The molecule has 34 heavy (non-hydrogen) atoms. The Balaban J connectivity index is 1.41. The summed E-state index contributed by atoms with van der Waals surface area (Å²) in [6, 6.07) is 6.58. The number of amides is 2. The van der Waals surface area contributed by atoms with E-state index in [1.807, 2.05) is 4.90 Å². The van der Waals surface area contributed by atoms with E-state index in [9.17, 15) is 22.8 Å². The lowest BCUT2D eigenvalue weighted by molar-refractivity contribution is -0.137. The second-order valence-electron chi connectivity index (χ2n) is 9.02. The molecule has 0 radical (unpaired) electrons. The van der Waals surface area contributed by atoms with E-state index >= 15 is 0 Å². The number of hydrogen-bond acceptors (Lipinski definition) is 5. The normalized spacial score (nSPS) is 24.5. The molecule has 0 bridgehead atoms. The minimum Gasteiger partial charge on any atom is -0.459 e. The van der Waals surface area contributed by atoms with Gasteiger partial charge in [0.2, 0.25) is 5.91 Å². The van der Waals surface area contributed by atoms with Crippen molar-refractivity contribution in [1.82, 2.24) is 10.2 Å². The van der Waals surface area contributed by atoms with Gasteiger partial charge >= 0.3 is 6.18 Å². The van der Waals surface area contributed by atoms with Crippen LogP contribution in [0.4, 0.5) is 18.9 Å². The molecule has 0 saturated carbocycles. The summed E-state index contributed by atoms with van der Waals surface area (Å²) in [5.41, 5.74) is 0.454. The van der Waals surface area contributed by atoms with Crippen LogP contribution in [0.1, 0.15) is 34.5 Å². The number of nitrogens with one attached hydrogen (secondary N) is 1. The van der Waals surface area contributed by atoms with Crippen LogP contribution in [0, 0.1) is 5.92 Å². The molecule has 5 rings (SSSR count). The van der Waals surface area contributed by atoms with Gasteiger partial charge in [0.25, 0.3) is 5.91 Å². The average molecular weight is 477 g/mol. The van der Waals surface area contributed by atoms with Crippen LogP contribution in [-0.2, 0) is 22.1 Å². The molecule has 2 amide bonds. The number of carbonyl (C=O) groups excluding carboxylic acids is 2. The Hall–Kier alpha value is -3.01. The third kappa shape index (κ3) is 4.38. The predicted molar refractivity (Wildman–Crippen MR) is 116 cm³/mol. The number of fused-ring (bicyclic) bond motifs is 3. The standard InChI is InChI=1S/C24H26F3N3O4/c25-24(26,27)16-5-6-19-15(11-16)12-18(22(31)28-13-17-3-1-9-33-17)20-14-29(7-8-30(19)20)23(32)21-4-2-10-34-21/h2,4-6,10-11,17-18,20H,1,3,7-9,12-14H2,(H,28,31)/t17-,18+,20-/m0/s1. The maximum absolute atomic E-state index is 13.4. The molecule has 2 aromatic rings. The topological polar surface area (TPSA) is 75.0 Å². The third-order valence-corrected chi connectivity index (χ3v) is 6.92. The molecule has 10 heteroatoms. The van der Waals surface area contributed by atoms with Crippen LogP contribution < -0.4 is 10.2 Å². The number of ether oxygens (including phenoxy) is 1. The summed E-state index contributed by atoms with van der Waals surface area (Å²) in [5, 5.41) is 2.94. The Morgan fingerprint density at radius 2 is 2.03 bits per heavy atom. The fourth-order valence-corrected chi connectivity index (χ4v) is 5.19. The highest BCUT2D eigenvalue weighted by Gasteiger charge is 2.44. The number of rotatable bonds is 4. The van der Waals surface area contributed by atoms with E-state index in [4.69, 9.17) is 9.15 Å². The number of halogens is 3. The zero-order chi connectivity index (χ0) is 23.9. The van der Waals surface area contributed by atoms with Crippen LogP contribution in [0.25, 0.3) is 0 Å². The molecule has 3 aliphatic heterocycles. The van der Waals surface area contributed by atoms with Crippen molar-refractivity contribution in [3.8, 4) is 0 Å². The Bertz CT molecular complexity index is 1050. The van der Waals surface area contributed by atoms with Crippen molar-refractivity contribution >= 4 is 17.5 Å². The van der Waals surface area contributed by atoms with E-state index in [1.54, 1.807) is 17.0 Å². The fraction of sp³-hybridized carbons (Fsp3) is 0.500. The van der Waals surface area contributed by atoms with Gasteiger partial charge < -0.3 is 24.3 Å². The molecular weight excluding hydrogens is 451 g/mol. The molecule has 182 valence electrons. The smallest absolute Gasteiger partial charge is 0.416 e. The lowest BCUT2D eigenvalue weighted by atomic mass is 9.82. The molecule has 1 aromatic carbocycles. The van der Waals surface area contributed by atoms with Crippen LogP contribution in [0.15, 0.2) is 41.0 Å². The number of anilines is 1. The van der Waals surface area contributed by atoms with Crippen molar-refractivity contribution in [2.45, 2.75) is 37.6 Å². The van der Waals surface area contributed by atoms with Gasteiger partial charge in [-0.25, -0.2) is 0 Å². The summed E-state index contributed by atoms with van der Waals surface area (Å²) in [5.74, 6) is -0.884. The quantitative estimate of drug-likeness (QED) is 0.733. The molecular formula is C24H26F3N3O4. The molecule has 0 unspecified atom stereocenters. The largest absolute Gasteiger partial charge is 0.459 e. The van der Waals surface area contributed by atoms with E-state index in [-0.39, 0.29) is 42.7 Å². The Morgan fingerprint density at radius 3 is 2.74 bits per heavy atom. The second-order valence-corrected chi connectivity index (χ2v) is 9.02. The molecule has 2 fully saturated rings. The number of carbonyl (C=O) groups is 2. The molecule has 3 aliphatic rings. The van der Waals surface area contributed by atoms with Crippen molar-refractivity contribution < 1.29 is 31.9 Å². The number of hydrogen-bond donors (Lipinski definition) is 1. The van der Waals surface area contributed by atoms with E-state index in [1.165, 1.54) is 12.3 Å². The van der Waals surface area contributed by atoms with E-state index in [0.29, 0.717) is 37.5 Å². The summed E-state index contributed by atoms with van der Waals surface area (Å²) in [7, 11) is 0. The van der Waals surface area contributed by atoms with Gasteiger partial charge in [-0.15, -0.1) is 0 Å². The van der Waals surface area contributed by atoms with Crippen LogP contribution in [0.5, 0.6) is 0 Å². The van der Waals surface area contributed by atoms with Crippen LogP contribution >= 0.6 is 0 Å². The highest BCUT2D eigenvalue weighted by molar-refractivity contribution is 5.92. The first-order chi connectivity index (χ1) is 16.3. The second kappa shape index (κ2) is 8.98. The number of nitrogens with zero attached hydrogens (tertiary/aromatic N) is 2. The van der Waals surface area contributed by atoms with Crippen LogP contribution in [0.2, 0.25) is 0 Å². The molecule has 1 N–H and O–H groups in total. The van der Waals surface area contributed by atoms with Gasteiger partial charge in [-0.05, 0) is 55.2 Å². The maximum atomic E-state index is 13.4. The molecule has 0 aliphatic carbocycles. The van der Waals surface area contributed by atoms with Gasteiger partial charge in [0.15, 0.2) is 5.76 Å². The molecule has 1 aromatic heterocycles. The van der Waals surface area contributed by atoms with Gasteiger partial charge in [-0.2, -0.15) is 13.2 Å². The molecule has 0 spiro atoms. The van der Waals surface area contributed by atoms with Crippen molar-refractivity contribution in [3.05, 3.63) is 53.5 Å². The van der Waals surface area contributed by atoms with Crippen molar-refractivity contribution in [2.75, 3.05) is 37.7 Å². The van der Waals surface area contributed by atoms with Gasteiger partial charge in [-0.3, -0.25) is 9.59 Å². The first-order valence-electron chi connectivity index (χ1n) is 11.5. The van der Waals surface area contributed by atoms with E-state index in [2.05, 4.69) is 5.32 Å². The summed E-state index contributed by atoms with van der Waals surface area (Å²) in [6.07, 6.45) is -1.10. The first kappa shape index (κ1) is 22.8. The monoisotopic (exact) mass is 477 g/mol. The number of furan rings is 1. The molecule has 7 nitrogen and oxygen atoms in total. The highest BCUT2D eigenvalue weighted by Crippen LogP contribution is 2.40. The zero-order valence-electron chi connectivity index (χ0n) is 18.5. The van der Waals surface area contributed by atoms with Gasteiger partial charge in [-0.1, -0.05) is 0 Å². The highest BCUT2D eigenvalue weighted by atomic mass is 19.4.